The first-order valence-electron chi connectivity index (χ1n) is 8.46. The monoisotopic (exact) mass is 362 g/mol. The molecular weight excluding hydrogens is 344 g/mol. The van der Waals surface area contributed by atoms with E-state index in [1.54, 1.807) is 60.7 Å². The highest BCUT2D eigenvalue weighted by Gasteiger charge is 2.33. The third-order valence-corrected chi connectivity index (χ3v) is 4.25. The van der Waals surface area contributed by atoms with Crippen LogP contribution in [-0.2, 0) is 14.3 Å². The molecule has 1 aliphatic rings. The fraction of sp³-hybridized carbons (Fsp3) is 0.136. The van der Waals surface area contributed by atoms with Crippen LogP contribution in [0.25, 0.3) is 0 Å². The number of ether oxygens (including phenoxy) is 2. The molecule has 5 heteroatoms. The van der Waals surface area contributed by atoms with E-state index in [0.29, 0.717) is 11.1 Å². The van der Waals surface area contributed by atoms with Gasteiger partial charge < -0.3 is 9.47 Å². The summed E-state index contributed by atoms with van der Waals surface area (Å²) in [7, 11) is 0. The minimum absolute atomic E-state index is 0.116. The van der Waals surface area contributed by atoms with E-state index in [1.807, 2.05) is 0 Å². The molecule has 2 aromatic rings. The Kier molecular flexibility index (Phi) is 5.61. The standard InChI is InChI=1S/C22H18O5/c1-15-18(14-26-21(24)16-8-4-2-5-9-16)20(13-12-19(15)23)27-22(25)17-10-6-3-7-11-17/h2-13,18,20H,1,14H2/t18-,20-/m0/s1. The highest BCUT2D eigenvalue weighted by atomic mass is 16.6. The average molecular weight is 362 g/mol. The van der Waals surface area contributed by atoms with E-state index in [-0.39, 0.29) is 18.0 Å². The Balaban J connectivity index is 1.71. The highest BCUT2D eigenvalue weighted by molar-refractivity contribution is 6.05. The van der Waals surface area contributed by atoms with E-state index in [2.05, 4.69) is 6.58 Å². The first-order chi connectivity index (χ1) is 13.1. The number of allylic oxidation sites excluding steroid dienone is 1. The molecule has 0 amide bonds. The summed E-state index contributed by atoms with van der Waals surface area (Å²) in [5, 5.41) is 0. The smallest absolute Gasteiger partial charge is 0.338 e. The summed E-state index contributed by atoms with van der Waals surface area (Å²) in [4.78, 5) is 36.4. The lowest BCUT2D eigenvalue weighted by atomic mass is 9.87. The van der Waals surface area contributed by atoms with Crippen molar-refractivity contribution in [2.75, 3.05) is 6.61 Å². The predicted molar refractivity (Wildman–Crippen MR) is 99.1 cm³/mol. The maximum atomic E-state index is 12.3. The van der Waals surface area contributed by atoms with Gasteiger partial charge in [0, 0.05) is 5.57 Å². The second-order valence-corrected chi connectivity index (χ2v) is 6.06. The van der Waals surface area contributed by atoms with Crippen molar-refractivity contribution in [1.29, 1.82) is 0 Å². The molecule has 27 heavy (non-hydrogen) atoms. The Hall–Kier alpha value is -3.47. The van der Waals surface area contributed by atoms with Crippen LogP contribution in [0.4, 0.5) is 0 Å². The average Bonchev–Trinajstić information content (AvgIpc) is 2.71. The molecule has 0 saturated carbocycles. The molecule has 0 aromatic heterocycles. The fourth-order valence-electron chi connectivity index (χ4n) is 2.71. The quantitative estimate of drug-likeness (QED) is 0.602. The van der Waals surface area contributed by atoms with Gasteiger partial charge in [-0.2, -0.15) is 0 Å². The summed E-state index contributed by atoms with van der Waals surface area (Å²) in [6.45, 7) is 3.66. The number of carbonyl (C=O) groups is 3. The zero-order chi connectivity index (χ0) is 19.2. The van der Waals surface area contributed by atoms with Crippen LogP contribution in [0.1, 0.15) is 20.7 Å². The van der Waals surface area contributed by atoms with Gasteiger partial charge in [-0.25, -0.2) is 9.59 Å². The van der Waals surface area contributed by atoms with Crippen LogP contribution < -0.4 is 0 Å². The minimum atomic E-state index is -0.744. The molecule has 3 rings (SSSR count). The van der Waals surface area contributed by atoms with Crippen LogP contribution in [0.3, 0.4) is 0 Å². The van der Waals surface area contributed by atoms with Gasteiger partial charge >= 0.3 is 11.9 Å². The van der Waals surface area contributed by atoms with Crippen LogP contribution in [0.5, 0.6) is 0 Å². The predicted octanol–water partition coefficient (Wildman–Crippen LogP) is 3.38. The Morgan fingerprint density at radius 1 is 0.889 bits per heavy atom. The molecule has 5 nitrogen and oxygen atoms in total. The molecule has 0 aliphatic heterocycles. The van der Waals surface area contributed by atoms with E-state index in [4.69, 9.17) is 9.47 Å². The Morgan fingerprint density at radius 3 is 2.04 bits per heavy atom. The molecule has 0 heterocycles. The first kappa shape index (κ1) is 18.3. The molecule has 136 valence electrons. The Morgan fingerprint density at radius 2 is 1.44 bits per heavy atom. The summed E-state index contributed by atoms with van der Waals surface area (Å²) in [6.07, 6.45) is 2.08. The number of hydrogen-bond donors (Lipinski definition) is 0. The van der Waals surface area contributed by atoms with Gasteiger partial charge in [-0.3, -0.25) is 4.79 Å². The lowest BCUT2D eigenvalue weighted by molar-refractivity contribution is -0.113. The van der Waals surface area contributed by atoms with Crippen LogP contribution >= 0.6 is 0 Å². The van der Waals surface area contributed by atoms with E-state index in [0.717, 1.165) is 0 Å². The lowest BCUT2D eigenvalue weighted by Crippen LogP contribution is -2.35. The molecule has 2 atom stereocenters. The number of ketones is 1. The third kappa shape index (κ3) is 4.39. The SMILES string of the molecule is C=C1C(=O)C=C[C@H](OC(=O)c2ccccc2)[C@H]1COC(=O)c1ccccc1. The Bertz CT molecular complexity index is 883. The zero-order valence-corrected chi connectivity index (χ0v) is 14.5. The van der Waals surface area contributed by atoms with Gasteiger partial charge in [0.25, 0.3) is 0 Å². The maximum absolute atomic E-state index is 12.3. The van der Waals surface area contributed by atoms with Gasteiger partial charge in [-0.1, -0.05) is 43.0 Å². The van der Waals surface area contributed by atoms with Gasteiger partial charge in [0.1, 0.15) is 12.7 Å². The van der Waals surface area contributed by atoms with E-state index >= 15 is 0 Å². The second-order valence-electron chi connectivity index (χ2n) is 6.06. The summed E-state index contributed by atoms with van der Waals surface area (Å²) in [5.41, 5.74) is 1.04. The number of rotatable bonds is 5. The fourth-order valence-corrected chi connectivity index (χ4v) is 2.71. The highest BCUT2D eigenvalue weighted by Crippen LogP contribution is 2.25. The largest absolute Gasteiger partial charge is 0.461 e. The zero-order valence-electron chi connectivity index (χ0n) is 14.5. The Labute approximate surface area is 156 Å². The van der Waals surface area contributed by atoms with Gasteiger partial charge in [0.2, 0.25) is 0 Å². The molecule has 0 N–H and O–H groups in total. The minimum Gasteiger partial charge on any atom is -0.461 e. The molecular formula is C22H18O5. The lowest BCUT2D eigenvalue weighted by Gasteiger charge is -2.28. The molecule has 0 spiro atoms. The number of carbonyl (C=O) groups excluding carboxylic acids is 3. The molecule has 0 bridgehead atoms. The van der Waals surface area contributed by atoms with Gasteiger partial charge in [-0.05, 0) is 36.4 Å². The van der Waals surface area contributed by atoms with Crippen molar-refractivity contribution >= 4 is 17.7 Å². The van der Waals surface area contributed by atoms with Crippen molar-refractivity contribution in [3.05, 3.63) is 96.1 Å². The first-order valence-corrected chi connectivity index (χ1v) is 8.46. The van der Waals surface area contributed by atoms with Crippen LogP contribution in [0, 0.1) is 5.92 Å². The topological polar surface area (TPSA) is 69.7 Å². The summed E-state index contributed by atoms with van der Waals surface area (Å²) >= 11 is 0. The normalized spacial score (nSPS) is 18.8. The summed E-state index contributed by atoms with van der Waals surface area (Å²) < 4.78 is 10.8. The number of hydrogen-bond acceptors (Lipinski definition) is 5. The second kappa shape index (κ2) is 8.27. The molecule has 2 aromatic carbocycles. The molecule has 0 fully saturated rings. The van der Waals surface area contributed by atoms with Crippen molar-refractivity contribution in [3.8, 4) is 0 Å². The van der Waals surface area contributed by atoms with Crippen LogP contribution in [-0.4, -0.2) is 30.4 Å². The van der Waals surface area contributed by atoms with E-state index in [1.165, 1.54) is 12.2 Å². The van der Waals surface area contributed by atoms with Crippen molar-refractivity contribution in [3.63, 3.8) is 0 Å². The van der Waals surface area contributed by atoms with Crippen molar-refractivity contribution < 1.29 is 23.9 Å². The molecule has 1 aliphatic carbocycles. The summed E-state index contributed by atoms with van der Waals surface area (Å²) in [5.74, 6) is -1.95. The maximum Gasteiger partial charge on any atom is 0.338 e. The van der Waals surface area contributed by atoms with Gasteiger partial charge in [0.15, 0.2) is 5.78 Å². The van der Waals surface area contributed by atoms with E-state index in [9.17, 15) is 14.4 Å². The number of esters is 2. The molecule has 0 unspecified atom stereocenters. The van der Waals surface area contributed by atoms with Crippen molar-refractivity contribution in [2.45, 2.75) is 6.10 Å². The van der Waals surface area contributed by atoms with Crippen molar-refractivity contribution in [1.82, 2.24) is 0 Å². The van der Waals surface area contributed by atoms with Gasteiger partial charge in [0.05, 0.1) is 17.0 Å². The number of benzene rings is 2. The molecule has 0 radical (unpaired) electrons. The van der Waals surface area contributed by atoms with Crippen LogP contribution in [0.2, 0.25) is 0 Å². The third-order valence-electron chi connectivity index (χ3n) is 4.25. The van der Waals surface area contributed by atoms with Gasteiger partial charge in [-0.15, -0.1) is 0 Å². The van der Waals surface area contributed by atoms with Crippen LogP contribution in [0.15, 0.2) is 85.0 Å². The summed E-state index contributed by atoms with van der Waals surface area (Å²) in [6, 6.07) is 17.1. The van der Waals surface area contributed by atoms with Crippen molar-refractivity contribution in [2.24, 2.45) is 5.92 Å². The molecule has 0 saturated heterocycles. The van der Waals surface area contributed by atoms with E-state index < -0.39 is 24.0 Å².